The Labute approximate surface area is 130 Å². The second-order valence-corrected chi connectivity index (χ2v) is 7.22. The van der Waals surface area contributed by atoms with Crippen molar-refractivity contribution in [2.24, 2.45) is 0 Å². The van der Waals surface area contributed by atoms with Gasteiger partial charge in [-0.25, -0.2) is 4.39 Å². The highest BCUT2D eigenvalue weighted by molar-refractivity contribution is 7.79. The Bertz CT molecular complexity index is 689. The first-order valence-electron chi connectivity index (χ1n) is 6.61. The van der Waals surface area contributed by atoms with Crippen molar-refractivity contribution in [2.75, 3.05) is 0 Å². The molecule has 0 fully saturated rings. The van der Waals surface area contributed by atoms with Crippen LogP contribution in [0.1, 0.15) is 0 Å². The molecule has 0 saturated carbocycles. The Kier molecular flexibility index (Phi) is 4.34. The summed E-state index contributed by atoms with van der Waals surface area (Å²) in [4.78, 5) is 0. The van der Waals surface area contributed by atoms with Crippen molar-refractivity contribution in [1.82, 2.24) is 0 Å². The maximum atomic E-state index is 14.3. The van der Waals surface area contributed by atoms with Gasteiger partial charge in [0, 0.05) is 10.3 Å². The third-order valence-corrected chi connectivity index (χ3v) is 5.87. The van der Waals surface area contributed by atoms with Gasteiger partial charge in [0.1, 0.15) is 5.82 Å². The predicted octanol–water partition coefficient (Wildman–Crippen LogP) is 4.24. The van der Waals surface area contributed by atoms with Crippen molar-refractivity contribution in [3.05, 3.63) is 89.7 Å². The van der Waals surface area contributed by atoms with Crippen LogP contribution in [0.25, 0.3) is 0 Å². The van der Waals surface area contributed by atoms with Crippen LogP contribution in [0.15, 0.2) is 78.9 Å². The highest BCUT2D eigenvalue weighted by atomic mass is 35.5. The molecular formula is C18H13ClFP. The lowest BCUT2D eigenvalue weighted by Crippen LogP contribution is -2.22. The normalized spacial score (nSPS) is 10.8. The lowest BCUT2D eigenvalue weighted by molar-refractivity contribution is 0.636. The molecular weight excluding hydrogens is 302 g/mol. The summed E-state index contributed by atoms with van der Waals surface area (Å²) >= 11 is 6.08. The van der Waals surface area contributed by atoms with Gasteiger partial charge in [-0.15, -0.1) is 0 Å². The third kappa shape index (κ3) is 3.15. The molecule has 0 unspecified atom stereocenters. The van der Waals surface area contributed by atoms with E-state index in [2.05, 4.69) is 0 Å². The maximum Gasteiger partial charge on any atom is 0.131 e. The molecule has 0 aliphatic rings. The second kappa shape index (κ2) is 6.39. The van der Waals surface area contributed by atoms with Gasteiger partial charge in [0.05, 0.1) is 0 Å². The molecule has 21 heavy (non-hydrogen) atoms. The van der Waals surface area contributed by atoms with Crippen LogP contribution < -0.4 is 15.9 Å². The summed E-state index contributed by atoms with van der Waals surface area (Å²) in [6, 6.07) is 24.8. The Morgan fingerprint density at radius 3 is 1.76 bits per heavy atom. The van der Waals surface area contributed by atoms with E-state index in [1.54, 1.807) is 12.1 Å². The topological polar surface area (TPSA) is 0 Å². The lowest BCUT2D eigenvalue weighted by atomic mass is 10.3. The van der Waals surface area contributed by atoms with E-state index in [0.29, 0.717) is 10.3 Å². The highest BCUT2D eigenvalue weighted by Gasteiger charge is 2.19. The van der Waals surface area contributed by atoms with Crippen LogP contribution >= 0.6 is 19.5 Å². The van der Waals surface area contributed by atoms with Gasteiger partial charge in [-0.05, 0) is 36.7 Å². The molecule has 0 nitrogen and oxygen atoms in total. The highest BCUT2D eigenvalue weighted by Crippen LogP contribution is 2.34. The van der Waals surface area contributed by atoms with Crippen molar-refractivity contribution in [3.8, 4) is 0 Å². The smallest absolute Gasteiger partial charge is 0.131 e. The first-order chi connectivity index (χ1) is 10.3. The van der Waals surface area contributed by atoms with E-state index in [-0.39, 0.29) is 5.82 Å². The summed E-state index contributed by atoms with van der Waals surface area (Å²) < 4.78 is 14.3. The fourth-order valence-electron chi connectivity index (χ4n) is 2.24. The molecule has 0 spiro atoms. The standard InChI is InChI=1S/C18H13ClFP/c19-14-11-12-17(20)18(13-14)21(15-7-3-1-4-8-15)16-9-5-2-6-10-16/h1-13H. The maximum absolute atomic E-state index is 14.3. The Balaban J connectivity index is 2.20. The molecule has 0 amide bonds. The number of benzene rings is 3. The molecule has 0 aliphatic heterocycles. The molecule has 3 rings (SSSR count). The summed E-state index contributed by atoms with van der Waals surface area (Å²) in [5.41, 5.74) is 0. The van der Waals surface area contributed by atoms with E-state index in [4.69, 9.17) is 11.6 Å². The van der Waals surface area contributed by atoms with E-state index < -0.39 is 7.92 Å². The van der Waals surface area contributed by atoms with Crippen LogP contribution in [0.4, 0.5) is 4.39 Å². The first kappa shape index (κ1) is 14.3. The molecule has 0 atom stereocenters. The van der Waals surface area contributed by atoms with Gasteiger partial charge < -0.3 is 0 Å². The van der Waals surface area contributed by atoms with Crippen molar-refractivity contribution < 1.29 is 4.39 Å². The van der Waals surface area contributed by atoms with E-state index in [9.17, 15) is 4.39 Å². The minimum Gasteiger partial charge on any atom is -0.206 e. The van der Waals surface area contributed by atoms with Crippen LogP contribution in [0.3, 0.4) is 0 Å². The SMILES string of the molecule is Fc1ccc(Cl)cc1P(c1ccccc1)c1ccccc1. The van der Waals surface area contributed by atoms with Crippen LogP contribution in [-0.4, -0.2) is 0 Å². The minimum atomic E-state index is -0.942. The van der Waals surface area contributed by atoms with Gasteiger partial charge in [0.15, 0.2) is 0 Å². The van der Waals surface area contributed by atoms with Crippen LogP contribution in [0, 0.1) is 5.82 Å². The quantitative estimate of drug-likeness (QED) is 0.634. The van der Waals surface area contributed by atoms with Crippen LogP contribution in [0.5, 0.6) is 0 Å². The molecule has 0 N–H and O–H groups in total. The Hall–Kier alpha value is -1.69. The molecule has 3 aromatic carbocycles. The van der Waals surface area contributed by atoms with Crippen LogP contribution in [0.2, 0.25) is 5.02 Å². The van der Waals surface area contributed by atoms with E-state index >= 15 is 0 Å². The zero-order valence-electron chi connectivity index (χ0n) is 11.2. The number of hydrogen-bond donors (Lipinski definition) is 0. The fourth-order valence-corrected chi connectivity index (χ4v) is 4.84. The average Bonchev–Trinajstić information content (AvgIpc) is 2.53. The van der Waals surface area contributed by atoms with E-state index in [1.807, 2.05) is 60.7 Å². The van der Waals surface area contributed by atoms with Gasteiger partial charge in [-0.3, -0.25) is 0 Å². The van der Waals surface area contributed by atoms with Crippen molar-refractivity contribution >= 4 is 35.4 Å². The lowest BCUT2D eigenvalue weighted by Gasteiger charge is -2.20. The second-order valence-electron chi connectivity index (χ2n) is 4.60. The fraction of sp³-hybridized carbons (Fsp3) is 0. The molecule has 0 saturated heterocycles. The van der Waals surface area contributed by atoms with Crippen LogP contribution in [-0.2, 0) is 0 Å². The van der Waals surface area contributed by atoms with Gasteiger partial charge in [-0.1, -0.05) is 72.3 Å². The first-order valence-corrected chi connectivity index (χ1v) is 8.33. The molecule has 3 aromatic rings. The van der Waals surface area contributed by atoms with Gasteiger partial charge in [-0.2, -0.15) is 0 Å². The number of hydrogen-bond acceptors (Lipinski definition) is 0. The van der Waals surface area contributed by atoms with Gasteiger partial charge in [0.25, 0.3) is 0 Å². The van der Waals surface area contributed by atoms with E-state index in [0.717, 1.165) is 10.6 Å². The van der Waals surface area contributed by atoms with Gasteiger partial charge in [0.2, 0.25) is 0 Å². The summed E-state index contributed by atoms with van der Waals surface area (Å²) in [7, 11) is -0.942. The van der Waals surface area contributed by atoms with Crippen molar-refractivity contribution in [3.63, 3.8) is 0 Å². The third-order valence-electron chi connectivity index (χ3n) is 3.18. The van der Waals surface area contributed by atoms with Crippen molar-refractivity contribution in [2.45, 2.75) is 0 Å². The number of halogens is 2. The summed E-state index contributed by atoms with van der Waals surface area (Å²) in [6.45, 7) is 0. The van der Waals surface area contributed by atoms with E-state index in [1.165, 1.54) is 6.07 Å². The largest absolute Gasteiger partial charge is 0.206 e. The Morgan fingerprint density at radius 1 is 0.714 bits per heavy atom. The average molecular weight is 315 g/mol. The molecule has 0 aromatic heterocycles. The summed E-state index contributed by atoms with van der Waals surface area (Å²) in [5, 5.41) is 3.44. The molecule has 0 bridgehead atoms. The molecule has 0 radical (unpaired) electrons. The predicted molar refractivity (Wildman–Crippen MR) is 90.1 cm³/mol. The summed E-state index contributed by atoms with van der Waals surface area (Å²) in [5.74, 6) is -0.210. The molecule has 0 aliphatic carbocycles. The van der Waals surface area contributed by atoms with Crippen molar-refractivity contribution in [1.29, 1.82) is 0 Å². The Morgan fingerprint density at radius 2 is 1.24 bits per heavy atom. The monoisotopic (exact) mass is 314 g/mol. The molecule has 104 valence electrons. The van der Waals surface area contributed by atoms with Gasteiger partial charge >= 0.3 is 0 Å². The minimum absolute atomic E-state index is 0.210. The summed E-state index contributed by atoms with van der Waals surface area (Å²) in [6.07, 6.45) is 0. The zero-order chi connectivity index (χ0) is 14.7. The molecule has 0 heterocycles. The molecule has 3 heteroatoms. The zero-order valence-corrected chi connectivity index (χ0v) is 12.9. The number of rotatable bonds is 3.